The average molecular weight is 1920 g/mol. The number of thioether (sulfide) groups is 1. The van der Waals surface area contributed by atoms with E-state index in [0.717, 1.165) is 20.9 Å². The maximum atomic E-state index is 15.5. The number of primary amides is 2. The number of fused-ring (bicyclic) bond motifs is 1. The second kappa shape index (κ2) is 51.9. The fourth-order valence-corrected chi connectivity index (χ4v) is 16.2. The molecule has 21 N–H and O–H groups in total. The van der Waals surface area contributed by atoms with Crippen molar-refractivity contribution < 1.29 is 102 Å². The summed E-state index contributed by atoms with van der Waals surface area (Å²) in [6.45, 7) is 14.2. The summed E-state index contributed by atoms with van der Waals surface area (Å²) in [5.74, 6) is -23.4. The van der Waals surface area contributed by atoms with Gasteiger partial charge in [-0.15, -0.1) is 11.8 Å². The number of carbonyl (C=O) groups excluding carboxylic acids is 17. The largest absolute Gasteiger partial charge is 0.508 e. The molecule has 1 saturated heterocycles. The number of aromatic amines is 1. The topological polar surface area (TPSA) is 599 Å². The van der Waals surface area contributed by atoms with Crippen LogP contribution in [-0.2, 0) is 118 Å². The quantitative estimate of drug-likeness (QED) is 0.0395. The third-order valence-corrected chi connectivity index (χ3v) is 24.4. The van der Waals surface area contributed by atoms with Gasteiger partial charge in [0.25, 0.3) is 0 Å². The van der Waals surface area contributed by atoms with Gasteiger partial charge >= 0.3 is 5.97 Å². The van der Waals surface area contributed by atoms with Crippen LogP contribution < -0.4 is 80.6 Å². The number of amides is 17. The second-order valence-corrected chi connectivity index (χ2v) is 36.7. The van der Waals surface area contributed by atoms with Gasteiger partial charge in [0.2, 0.25) is 100 Å². The van der Waals surface area contributed by atoms with E-state index in [1.54, 1.807) is 157 Å². The molecule has 0 spiro atoms. The lowest BCUT2D eigenvalue weighted by molar-refractivity contribution is -0.149. The number of likely N-dealkylation sites (N-methyl/N-ethyl adjacent to an activating group) is 2. The van der Waals surface area contributed by atoms with Crippen molar-refractivity contribution in [2.75, 3.05) is 32.2 Å². The average Bonchev–Trinajstić information content (AvgIpc) is 1.63. The van der Waals surface area contributed by atoms with Gasteiger partial charge in [-0.25, -0.2) is 0 Å². The maximum Gasteiger partial charge on any atom is 0.305 e. The second-order valence-electron chi connectivity index (χ2n) is 35.7. The molecule has 0 radical (unpaired) electrons. The number of hydrogen-bond donors (Lipinski definition) is 19. The Morgan fingerprint density at radius 3 is 1.34 bits per heavy atom. The predicted octanol–water partition coefficient (Wildman–Crippen LogP) is 0.639. The van der Waals surface area contributed by atoms with E-state index in [4.69, 9.17) is 11.5 Å². The minimum Gasteiger partial charge on any atom is -0.508 e. The zero-order chi connectivity index (χ0) is 101. The van der Waals surface area contributed by atoms with Crippen LogP contribution in [0.25, 0.3) is 22.0 Å². The number of carbonyl (C=O) groups is 18. The molecule has 1 fully saturated rings. The fourth-order valence-electron chi connectivity index (χ4n) is 15.3. The van der Waals surface area contributed by atoms with Gasteiger partial charge in [0.1, 0.15) is 96.4 Å². The number of carboxylic acids is 1. The molecule has 39 nitrogen and oxygen atoms in total. The van der Waals surface area contributed by atoms with Crippen LogP contribution in [0, 0.1) is 23.7 Å². The molecule has 0 unspecified atom stereocenters. The van der Waals surface area contributed by atoms with Crippen molar-refractivity contribution in [2.45, 2.75) is 211 Å². The van der Waals surface area contributed by atoms with E-state index >= 15 is 43.2 Å². The summed E-state index contributed by atoms with van der Waals surface area (Å²) in [6, 6.07) is 20.5. The molecule has 17 amide bonds. The number of aliphatic carboxylic acids is 1. The molecule has 7 aromatic rings. The molecule has 6 aromatic carbocycles. The van der Waals surface area contributed by atoms with E-state index in [9.17, 15) is 58.5 Å². The summed E-state index contributed by atoms with van der Waals surface area (Å²) in [5.41, 5.74) is 15.7. The Balaban J connectivity index is 1.21. The van der Waals surface area contributed by atoms with Crippen LogP contribution in [0.5, 0.6) is 5.75 Å². The van der Waals surface area contributed by atoms with E-state index < -0.39 is 258 Å². The van der Waals surface area contributed by atoms with Gasteiger partial charge in [0, 0.05) is 69.1 Å². The van der Waals surface area contributed by atoms with Crippen LogP contribution in [0.4, 0.5) is 0 Å². The van der Waals surface area contributed by atoms with E-state index in [0.29, 0.717) is 50.5 Å². The third-order valence-electron chi connectivity index (χ3n) is 23.4. The Hall–Kier alpha value is -14.6. The number of nitrogens with zero attached hydrogens (tertiary/aromatic N) is 2. The van der Waals surface area contributed by atoms with Crippen molar-refractivity contribution in [3.63, 3.8) is 0 Å². The molecule has 40 heteroatoms. The van der Waals surface area contributed by atoms with Crippen LogP contribution >= 0.6 is 11.8 Å². The number of benzene rings is 6. The van der Waals surface area contributed by atoms with Gasteiger partial charge in [-0.2, -0.15) is 0 Å². The number of aromatic nitrogens is 1. The molecule has 2 heterocycles. The number of H-pyrrole nitrogens is 1. The highest BCUT2D eigenvalue weighted by Crippen LogP contribution is 2.25. The molecule has 0 aliphatic carbocycles. The van der Waals surface area contributed by atoms with Gasteiger partial charge < -0.3 is 111 Å². The lowest BCUT2D eigenvalue weighted by Crippen LogP contribution is -2.62. The fraction of sp³-hybridized carbons (Fsp3) is 0.429. The summed E-state index contributed by atoms with van der Waals surface area (Å²) >= 11 is 0.702. The zero-order valence-electron chi connectivity index (χ0n) is 79.1. The number of rotatable bonds is 24. The summed E-state index contributed by atoms with van der Waals surface area (Å²) < 4.78 is 0. The van der Waals surface area contributed by atoms with Gasteiger partial charge in [-0.3, -0.25) is 86.3 Å². The molecular weight excluding hydrogens is 1800 g/mol. The molecular formula is C98H126N18O21S. The SMILES string of the molecule is CC(C)C[C@@H]1NC(=O)[C@H](CC(N)=O)NC(=O)[C@H](Cc2ccccc2)N(C)C(=O)[C@H](C)N(C)C(=O)[C@H](C(C)C)NC(=O)[C@H](Cc2ccc(-c3ccccc3)cc2)NC(=O)[C@H](C(C)C)NC(=O)[C@H](Cc2c[nH]c3ccccc23)NC(=O)[C@H](CC(=O)O)NC(=O)[C@H](Cc2ccc(O)cc2)NC(=O)[C@H](Cc2ccccc2)NC(=O)CSC[C@@H](C(=O)N[C@@H](C)C(N)=O)NC(=O)[C@H](CO)NC(=O)[C@H](C(C)C)NC1=O. The smallest absolute Gasteiger partial charge is 0.305 e. The molecule has 0 bridgehead atoms. The first-order valence-corrected chi connectivity index (χ1v) is 46.6. The molecule has 138 heavy (non-hydrogen) atoms. The number of phenols is 1. The molecule has 1 aromatic heterocycles. The molecule has 0 saturated carbocycles. The van der Waals surface area contributed by atoms with Gasteiger partial charge in [0.15, 0.2) is 0 Å². The number of aromatic hydroxyl groups is 1. The van der Waals surface area contributed by atoms with Crippen molar-refractivity contribution in [1.29, 1.82) is 0 Å². The summed E-state index contributed by atoms with van der Waals surface area (Å²) in [7, 11) is 2.55. The lowest BCUT2D eigenvalue weighted by atomic mass is 9.97. The number of aliphatic hydroxyl groups excluding tert-OH is 1. The van der Waals surface area contributed by atoms with Crippen LogP contribution in [0.1, 0.15) is 116 Å². The zero-order valence-corrected chi connectivity index (χ0v) is 79.9. The first-order valence-electron chi connectivity index (χ1n) is 45.4. The minimum absolute atomic E-state index is 0.148. The summed E-state index contributed by atoms with van der Waals surface area (Å²) in [4.78, 5) is 267. The summed E-state index contributed by atoms with van der Waals surface area (Å²) in [6.07, 6.45) is -2.17. The maximum absolute atomic E-state index is 15.5. The number of nitrogens with one attached hydrogen (secondary N) is 14. The molecule has 1 aliphatic rings. The van der Waals surface area contributed by atoms with Gasteiger partial charge in [-0.05, 0) is 101 Å². The van der Waals surface area contributed by atoms with Crippen molar-refractivity contribution in [1.82, 2.24) is 83.9 Å². The van der Waals surface area contributed by atoms with Crippen molar-refractivity contribution in [3.05, 3.63) is 198 Å². The van der Waals surface area contributed by atoms with E-state index in [2.05, 4.69) is 74.1 Å². The first kappa shape index (κ1) is 109. The van der Waals surface area contributed by atoms with E-state index in [1.165, 1.54) is 66.1 Å². The number of phenolic OH excluding ortho intramolecular Hbond substituents is 1. The van der Waals surface area contributed by atoms with Crippen LogP contribution in [0.3, 0.4) is 0 Å². The molecule has 15 atom stereocenters. The summed E-state index contributed by atoms with van der Waals surface area (Å²) in [5, 5.41) is 65.8. The van der Waals surface area contributed by atoms with Crippen molar-refractivity contribution >= 4 is 129 Å². The molecule has 8 rings (SSSR count). The number of hydrogen-bond acceptors (Lipinski definition) is 21. The van der Waals surface area contributed by atoms with Crippen molar-refractivity contribution in [2.24, 2.45) is 35.1 Å². The van der Waals surface area contributed by atoms with Crippen LogP contribution in [-0.4, -0.2) is 259 Å². The first-order chi connectivity index (χ1) is 65.4. The third kappa shape index (κ3) is 32.3. The normalized spacial score (nSPS) is 23.2. The number of nitrogens with two attached hydrogens (primary N) is 2. The Bertz CT molecular complexity index is 5460. The Morgan fingerprint density at radius 1 is 0.428 bits per heavy atom. The van der Waals surface area contributed by atoms with Crippen LogP contribution in [0.15, 0.2) is 170 Å². The lowest BCUT2D eigenvalue weighted by Gasteiger charge is -2.35. The Kier molecular flexibility index (Phi) is 40.9. The van der Waals surface area contributed by atoms with Crippen molar-refractivity contribution in [3.8, 4) is 16.9 Å². The number of aliphatic hydroxyl groups is 1. The van der Waals surface area contributed by atoms with E-state index in [-0.39, 0.29) is 37.9 Å². The molecule has 1 aliphatic heterocycles. The highest BCUT2D eigenvalue weighted by molar-refractivity contribution is 8.00. The highest BCUT2D eigenvalue weighted by atomic mass is 32.2. The van der Waals surface area contributed by atoms with Gasteiger partial charge in [-0.1, -0.05) is 201 Å². The standard InChI is InChI=1S/C98H126N18O21S/c1-52(2)40-68-89(128)112-82(54(5)6)96(135)110-75(49-117)92(131)111-76(93(132)102-56(9)84(100)123)50-138-51-79(120)103-69(41-58-24-16-13-17-25-58)85(124)105-70(43-61-34-38-65(118)39-35-61)86(125)107-74(47-80(121)122)88(127)106-72(45-64-48-101-67-31-23-22-30-66(64)67)91(130)113-81(53(3)4)95(134)109-71(42-60-32-36-63(37-33-60)62-28-20-15-21-29-62)90(129)114-83(55(7)8)98(137)115(11)57(10)97(136)116(12)77(44-59-26-18-14-19-27-59)94(133)108-73(46-78(99)119)87(126)104-68/h13-39,48,52-57,68-77,81-83,101,117-118H,40-47,49-51H2,1-12H3,(H2,99,119)(H2,100,123)(H,102,132)(H,103,120)(H,104,126)(H,105,124)(H,106,127)(H,107,125)(H,108,133)(H,109,134)(H,110,135)(H,111,131)(H,112,128)(H,113,130)(H,114,129)(H,121,122)/t56-,57-,68-,69-,70-,71-,72-,73-,74-,75-,76-,77-,81-,82-,83-/m0/s1. The Labute approximate surface area is 803 Å². The number of para-hydroxylation sites is 1. The minimum atomic E-state index is -2.07. The monoisotopic (exact) mass is 1920 g/mol. The predicted molar refractivity (Wildman–Crippen MR) is 513 cm³/mol. The van der Waals surface area contributed by atoms with Crippen LogP contribution in [0.2, 0.25) is 0 Å². The van der Waals surface area contributed by atoms with Gasteiger partial charge in [0.05, 0.1) is 25.2 Å². The van der Waals surface area contributed by atoms with E-state index in [1.807, 2.05) is 30.3 Å². The molecule has 740 valence electrons. The number of carboxylic acid groups (broad SMARTS) is 1. The Morgan fingerprint density at radius 2 is 0.833 bits per heavy atom. The highest BCUT2D eigenvalue weighted by Gasteiger charge is 2.43.